The maximum absolute atomic E-state index is 12.5. The molecule has 0 aliphatic rings. The van der Waals surface area contributed by atoms with Crippen molar-refractivity contribution in [3.05, 3.63) is 50.1 Å². The number of halogens is 4. The third-order valence-electron chi connectivity index (χ3n) is 2.83. The second-order valence-electron chi connectivity index (χ2n) is 4.38. The lowest BCUT2D eigenvalue weighted by molar-refractivity contribution is -0.137. The van der Waals surface area contributed by atoms with Crippen molar-refractivity contribution >= 4 is 39.1 Å². The number of hydrogen-bond acceptors (Lipinski definition) is 5. The van der Waals surface area contributed by atoms with E-state index in [4.69, 9.17) is 15.3 Å². The van der Waals surface area contributed by atoms with Crippen molar-refractivity contribution in [1.82, 2.24) is 0 Å². The van der Waals surface area contributed by atoms with E-state index in [0.29, 0.717) is 10.2 Å². The Labute approximate surface area is 147 Å². The minimum atomic E-state index is -4.44. The summed E-state index contributed by atoms with van der Waals surface area (Å²) in [6.07, 6.45) is -4.44. The van der Waals surface area contributed by atoms with Gasteiger partial charge in [0.25, 0.3) is 0 Å². The number of rotatable bonds is 4. The number of carbonyl (C=O) groups is 1. The lowest BCUT2D eigenvalue weighted by Crippen LogP contribution is -2.15. The van der Waals surface area contributed by atoms with Crippen LogP contribution in [-0.2, 0) is 11.0 Å². The minimum Gasteiger partial charge on any atom is -0.494 e. The third-order valence-corrected chi connectivity index (χ3v) is 4.66. The molecule has 0 aliphatic carbocycles. The van der Waals surface area contributed by atoms with E-state index in [1.54, 1.807) is 5.38 Å². The van der Waals surface area contributed by atoms with Crippen LogP contribution in [0.2, 0.25) is 0 Å². The van der Waals surface area contributed by atoms with Crippen molar-refractivity contribution in [2.75, 3.05) is 7.11 Å². The molecular formula is C14H10BrF3N2O3S. The van der Waals surface area contributed by atoms with Crippen LogP contribution in [0, 0.1) is 0 Å². The highest BCUT2D eigenvalue weighted by Gasteiger charge is 2.30. The summed E-state index contributed by atoms with van der Waals surface area (Å²) in [5.74, 6) is -0.725. The molecule has 0 atom stereocenters. The topological polar surface area (TPSA) is 73.9 Å². The van der Waals surface area contributed by atoms with Crippen molar-refractivity contribution in [2.24, 2.45) is 10.9 Å². The molecule has 2 rings (SSSR count). The Kier molecular flexibility index (Phi) is 5.50. The van der Waals surface area contributed by atoms with E-state index in [1.165, 1.54) is 7.11 Å². The number of alkyl halides is 3. The Morgan fingerprint density at radius 3 is 2.46 bits per heavy atom. The van der Waals surface area contributed by atoms with Crippen LogP contribution >= 0.6 is 27.3 Å². The Hall–Kier alpha value is -2.07. The Morgan fingerprint density at radius 1 is 1.29 bits per heavy atom. The molecule has 10 heteroatoms. The summed E-state index contributed by atoms with van der Waals surface area (Å²) in [4.78, 5) is 16.8. The summed E-state index contributed by atoms with van der Waals surface area (Å²) < 4.78 is 43.1. The van der Waals surface area contributed by atoms with E-state index < -0.39 is 17.7 Å². The largest absolute Gasteiger partial charge is 0.494 e. The molecular weight excluding hydrogens is 413 g/mol. The van der Waals surface area contributed by atoms with Crippen molar-refractivity contribution in [1.29, 1.82) is 0 Å². The fourth-order valence-corrected chi connectivity index (χ4v) is 3.21. The number of methoxy groups -OCH3 is 1. The van der Waals surface area contributed by atoms with E-state index in [2.05, 4.69) is 21.1 Å². The molecule has 0 amide bonds. The predicted molar refractivity (Wildman–Crippen MR) is 86.2 cm³/mol. The van der Waals surface area contributed by atoms with Crippen LogP contribution in [0.1, 0.15) is 20.8 Å². The summed E-state index contributed by atoms with van der Waals surface area (Å²) in [5, 5.41) is 5.08. The molecule has 0 bridgehead atoms. The molecule has 1 heterocycles. The molecule has 0 radical (unpaired) electrons. The number of ether oxygens (including phenoxy) is 1. The van der Waals surface area contributed by atoms with Crippen molar-refractivity contribution in [3.63, 3.8) is 0 Å². The average molecular weight is 423 g/mol. The number of amidine groups is 1. The smallest absolute Gasteiger partial charge is 0.416 e. The van der Waals surface area contributed by atoms with E-state index in [1.807, 2.05) is 0 Å². The number of nitrogens with zero attached hydrogens (tertiary/aromatic N) is 1. The van der Waals surface area contributed by atoms with Gasteiger partial charge in [-0.25, -0.2) is 4.79 Å². The van der Waals surface area contributed by atoms with Gasteiger partial charge in [-0.1, -0.05) is 17.3 Å². The number of nitrogens with two attached hydrogens (primary N) is 1. The van der Waals surface area contributed by atoms with Gasteiger partial charge in [-0.3, -0.25) is 0 Å². The first-order chi connectivity index (χ1) is 11.2. The van der Waals surface area contributed by atoms with E-state index in [0.717, 1.165) is 35.6 Å². The quantitative estimate of drug-likeness (QED) is 0.349. The first-order valence-electron chi connectivity index (χ1n) is 6.27. The Bertz CT molecular complexity index is 773. The van der Waals surface area contributed by atoms with E-state index >= 15 is 0 Å². The van der Waals surface area contributed by atoms with Crippen molar-refractivity contribution in [3.8, 4) is 5.75 Å². The van der Waals surface area contributed by atoms with Crippen LogP contribution in [0.4, 0.5) is 13.2 Å². The summed E-state index contributed by atoms with van der Waals surface area (Å²) in [6, 6.07) is 3.99. The molecule has 5 nitrogen and oxygen atoms in total. The zero-order valence-electron chi connectivity index (χ0n) is 12.1. The lowest BCUT2D eigenvalue weighted by Gasteiger charge is -2.07. The van der Waals surface area contributed by atoms with Crippen LogP contribution in [-0.4, -0.2) is 18.9 Å². The van der Waals surface area contributed by atoms with Crippen LogP contribution in [0.25, 0.3) is 0 Å². The van der Waals surface area contributed by atoms with Gasteiger partial charge >= 0.3 is 12.1 Å². The predicted octanol–water partition coefficient (Wildman–Crippen LogP) is 4.02. The summed E-state index contributed by atoms with van der Waals surface area (Å²) in [5.41, 5.74) is 4.99. The maximum Gasteiger partial charge on any atom is 0.416 e. The highest BCUT2D eigenvalue weighted by Crippen LogP contribution is 2.35. The van der Waals surface area contributed by atoms with Gasteiger partial charge < -0.3 is 15.3 Å². The third kappa shape index (κ3) is 4.06. The molecule has 1 aromatic carbocycles. The summed E-state index contributed by atoms with van der Waals surface area (Å²) in [7, 11) is 1.39. The normalized spacial score (nSPS) is 12.1. The van der Waals surface area contributed by atoms with Crippen LogP contribution in [0.5, 0.6) is 5.75 Å². The monoisotopic (exact) mass is 422 g/mol. The number of benzene rings is 1. The molecule has 2 N–H and O–H groups in total. The first-order valence-corrected chi connectivity index (χ1v) is 7.94. The zero-order chi connectivity index (χ0) is 17.9. The second-order valence-corrected chi connectivity index (χ2v) is 6.11. The average Bonchev–Trinajstić information content (AvgIpc) is 2.92. The molecule has 128 valence electrons. The Balaban J connectivity index is 2.12. The molecule has 0 saturated carbocycles. The summed E-state index contributed by atoms with van der Waals surface area (Å²) >= 11 is 4.29. The standard InChI is InChI=1S/C14H10BrF3N2O3S/c1-22-10-9(15)6-24-11(10)13(21)23-20-12(19)7-2-4-8(5-3-7)14(16,17)18/h2-6H,1H3,(H2,19,20). The molecule has 1 aromatic heterocycles. The highest BCUT2D eigenvalue weighted by molar-refractivity contribution is 9.10. The van der Waals surface area contributed by atoms with E-state index in [-0.39, 0.29) is 16.3 Å². The molecule has 0 saturated heterocycles. The van der Waals surface area contributed by atoms with Crippen molar-refractivity contribution in [2.45, 2.75) is 6.18 Å². The first kappa shape index (κ1) is 18.3. The van der Waals surface area contributed by atoms with E-state index in [9.17, 15) is 18.0 Å². The number of thiophene rings is 1. The Morgan fingerprint density at radius 2 is 1.92 bits per heavy atom. The van der Waals surface area contributed by atoms with Gasteiger partial charge in [0, 0.05) is 10.9 Å². The lowest BCUT2D eigenvalue weighted by atomic mass is 10.1. The van der Waals surface area contributed by atoms with Gasteiger partial charge in [-0.05, 0) is 28.1 Å². The van der Waals surface area contributed by atoms with Gasteiger partial charge in [-0.15, -0.1) is 11.3 Å². The second kappa shape index (κ2) is 7.22. The fourth-order valence-electron chi connectivity index (χ4n) is 1.67. The zero-order valence-corrected chi connectivity index (χ0v) is 14.5. The van der Waals surface area contributed by atoms with Gasteiger partial charge in [0.2, 0.25) is 0 Å². The van der Waals surface area contributed by atoms with Gasteiger partial charge in [0.15, 0.2) is 16.5 Å². The number of hydrogen-bond donors (Lipinski definition) is 1. The number of oxime groups is 1. The SMILES string of the molecule is COc1c(Br)csc1C(=O)O/N=C(/N)c1ccc(C(F)(F)F)cc1. The minimum absolute atomic E-state index is 0.174. The van der Waals surface area contributed by atoms with Crippen LogP contribution in [0.15, 0.2) is 39.3 Å². The molecule has 0 fully saturated rings. The van der Waals surface area contributed by atoms with Crippen molar-refractivity contribution < 1.29 is 27.5 Å². The summed E-state index contributed by atoms with van der Waals surface area (Å²) in [6.45, 7) is 0. The number of carbonyl (C=O) groups excluding carboxylic acids is 1. The van der Waals surface area contributed by atoms with Gasteiger partial charge in [0.05, 0.1) is 17.1 Å². The van der Waals surface area contributed by atoms with Crippen LogP contribution in [0.3, 0.4) is 0 Å². The van der Waals surface area contributed by atoms with Gasteiger partial charge in [-0.2, -0.15) is 13.2 Å². The molecule has 24 heavy (non-hydrogen) atoms. The van der Waals surface area contributed by atoms with Gasteiger partial charge in [0.1, 0.15) is 0 Å². The molecule has 0 aliphatic heterocycles. The molecule has 0 unspecified atom stereocenters. The van der Waals surface area contributed by atoms with Crippen LogP contribution < -0.4 is 10.5 Å². The maximum atomic E-state index is 12.5. The fraction of sp³-hybridized carbons (Fsp3) is 0.143. The highest BCUT2D eigenvalue weighted by atomic mass is 79.9. The molecule has 2 aromatic rings. The molecule has 0 spiro atoms.